The Labute approximate surface area is 113 Å². The highest BCUT2D eigenvalue weighted by Gasteiger charge is 2.10. The molecule has 0 aliphatic carbocycles. The second kappa shape index (κ2) is 5.98. The number of thiophene rings is 1. The average molecular weight is 310 g/mol. The Hall–Kier alpha value is -1.13. The van der Waals surface area contributed by atoms with E-state index < -0.39 is 0 Å². The van der Waals surface area contributed by atoms with E-state index in [2.05, 4.69) is 33.4 Å². The molecule has 0 atom stereocenters. The lowest BCUT2D eigenvalue weighted by atomic mass is 10.1. The van der Waals surface area contributed by atoms with Crippen LogP contribution in [0.3, 0.4) is 0 Å². The van der Waals surface area contributed by atoms with Crippen LogP contribution in [0, 0.1) is 0 Å². The first-order chi connectivity index (χ1) is 8.27. The minimum absolute atomic E-state index is 0.0113. The maximum atomic E-state index is 11.8. The first-order valence-corrected chi connectivity index (χ1v) is 7.00. The maximum absolute atomic E-state index is 11.8. The van der Waals surface area contributed by atoms with Crippen molar-refractivity contribution in [1.82, 2.24) is 5.32 Å². The van der Waals surface area contributed by atoms with Crippen molar-refractivity contribution >= 4 is 33.2 Å². The van der Waals surface area contributed by atoms with E-state index in [0.29, 0.717) is 6.54 Å². The van der Waals surface area contributed by atoms with Gasteiger partial charge in [-0.05, 0) is 39.4 Å². The van der Waals surface area contributed by atoms with Gasteiger partial charge in [-0.1, -0.05) is 30.3 Å². The predicted octanol–water partition coefficient (Wildman–Crippen LogP) is 3.48. The van der Waals surface area contributed by atoms with Crippen LogP contribution < -0.4 is 5.32 Å². The summed E-state index contributed by atoms with van der Waals surface area (Å²) in [6.45, 7) is 0.660. The second-order valence-corrected chi connectivity index (χ2v) is 5.36. The first-order valence-electron chi connectivity index (χ1n) is 5.32. The minimum Gasteiger partial charge on any atom is -0.351 e. The SMILES string of the molecule is O=C(NCCc1ccccc1)c1sccc1Br. The number of benzene rings is 1. The minimum atomic E-state index is -0.0113. The van der Waals surface area contributed by atoms with Crippen LogP contribution in [0.5, 0.6) is 0 Å². The van der Waals surface area contributed by atoms with Crippen molar-refractivity contribution in [1.29, 1.82) is 0 Å². The smallest absolute Gasteiger partial charge is 0.262 e. The van der Waals surface area contributed by atoms with Gasteiger partial charge in [0, 0.05) is 11.0 Å². The summed E-state index contributed by atoms with van der Waals surface area (Å²) in [7, 11) is 0. The number of rotatable bonds is 4. The Bertz CT molecular complexity index is 495. The molecular formula is C13H12BrNOS. The standard InChI is InChI=1S/C13H12BrNOS/c14-11-7-9-17-12(11)13(16)15-8-6-10-4-2-1-3-5-10/h1-5,7,9H,6,8H2,(H,15,16). The Morgan fingerprint density at radius 3 is 2.65 bits per heavy atom. The van der Waals surface area contributed by atoms with Crippen LogP contribution in [0.4, 0.5) is 0 Å². The van der Waals surface area contributed by atoms with Gasteiger partial charge in [-0.15, -0.1) is 11.3 Å². The second-order valence-electron chi connectivity index (χ2n) is 3.59. The molecule has 0 fully saturated rings. The molecule has 0 radical (unpaired) electrons. The summed E-state index contributed by atoms with van der Waals surface area (Å²) >= 11 is 4.80. The molecule has 1 amide bonds. The number of amides is 1. The largest absolute Gasteiger partial charge is 0.351 e. The third-order valence-electron chi connectivity index (χ3n) is 2.37. The molecule has 0 saturated carbocycles. The van der Waals surface area contributed by atoms with Gasteiger partial charge in [0.1, 0.15) is 4.88 Å². The lowest BCUT2D eigenvalue weighted by Gasteiger charge is -2.04. The molecule has 0 bridgehead atoms. The molecule has 0 aliphatic rings. The highest BCUT2D eigenvalue weighted by atomic mass is 79.9. The summed E-state index contributed by atoms with van der Waals surface area (Å²) in [5.74, 6) is -0.0113. The van der Waals surface area contributed by atoms with Crippen molar-refractivity contribution < 1.29 is 4.79 Å². The Balaban J connectivity index is 1.84. The molecule has 0 aliphatic heterocycles. The van der Waals surface area contributed by atoms with E-state index in [1.165, 1.54) is 16.9 Å². The van der Waals surface area contributed by atoms with E-state index in [0.717, 1.165) is 15.8 Å². The molecule has 2 aromatic rings. The third-order valence-corrected chi connectivity index (χ3v) is 4.20. The van der Waals surface area contributed by atoms with Gasteiger partial charge in [-0.3, -0.25) is 4.79 Å². The van der Waals surface area contributed by atoms with Crippen molar-refractivity contribution in [2.75, 3.05) is 6.54 Å². The Morgan fingerprint density at radius 2 is 2.00 bits per heavy atom. The summed E-state index contributed by atoms with van der Waals surface area (Å²) in [4.78, 5) is 12.5. The predicted molar refractivity (Wildman–Crippen MR) is 74.5 cm³/mol. The molecule has 2 rings (SSSR count). The zero-order chi connectivity index (χ0) is 12.1. The van der Waals surface area contributed by atoms with E-state index in [1.54, 1.807) is 0 Å². The van der Waals surface area contributed by atoms with Crippen LogP contribution in [-0.2, 0) is 6.42 Å². The number of halogens is 1. The molecule has 1 N–H and O–H groups in total. The van der Waals surface area contributed by atoms with Crippen molar-refractivity contribution in [3.05, 3.63) is 56.7 Å². The molecule has 0 saturated heterocycles. The number of hydrogen-bond donors (Lipinski definition) is 1. The van der Waals surface area contributed by atoms with Crippen LogP contribution in [0.2, 0.25) is 0 Å². The zero-order valence-electron chi connectivity index (χ0n) is 9.15. The van der Waals surface area contributed by atoms with Gasteiger partial charge in [0.2, 0.25) is 0 Å². The topological polar surface area (TPSA) is 29.1 Å². The van der Waals surface area contributed by atoms with Gasteiger partial charge >= 0.3 is 0 Å². The summed E-state index contributed by atoms with van der Waals surface area (Å²) < 4.78 is 0.861. The quantitative estimate of drug-likeness (QED) is 0.920. The molecule has 1 aromatic carbocycles. The first kappa shape index (κ1) is 12.3. The van der Waals surface area contributed by atoms with Crippen LogP contribution in [0.1, 0.15) is 15.2 Å². The zero-order valence-corrected chi connectivity index (χ0v) is 11.6. The van der Waals surface area contributed by atoms with E-state index in [-0.39, 0.29) is 5.91 Å². The summed E-state index contributed by atoms with van der Waals surface area (Å²) in [6, 6.07) is 12.0. The van der Waals surface area contributed by atoms with Crippen molar-refractivity contribution in [3.8, 4) is 0 Å². The molecule has 1 heterocycles. The van der Waals surface area contributed by atoms with E-state index >= 15 is 0 Å². The maximum Gasteiger partial charge on any atom is 0.262 e. The fourth-order valence-electron chi connectivity index (χ4n) is 1.50. The van der Waals surface area contributed by atoms with Gasteiger partial charge < -0.3 is 5.32 Å². The third kappa shape index (κ3) is 3.41. The van der Waals surface area contributed by atoms with Crippen molar-refractivity contribution in [2.24, 2.45) is 0 Å². The van der Waals surface area contributed by atoms with Gasteiger partial charge in [-0.25, -0.2) is 0 Å². The summed E-state index contributed by atoms with van der Waals surface area (Å²) in [6.07, 6.45) is 0.857. The number of hydrogen-bond acceptors (Lipinski definition) is 2. The lowest BCUT2D eigenvalue weighted by molar-refractivity contribution is 0.0957. The summed E-state index contributed by atoms with van der Waals surface area (Å²) in [5, 5.41) is 4.81. The molecule has 1 aromatic heterocycles. The van der Waals surface area contributed by atoms with Crippen LogP contribution >= 0.6 is 27.3 Å². The fraction of sp³-hybridized carbons (Fsp3) is 0.154. The highest BCUT2D eigenvalue weighted by molar-refractivity contribution is 9.10. The fourth-order valence-corrected chi connectivity index (χ4v) is 2.97. The highest BCUT2D eigenvalue weighted by Crippen LogP contribution is 2.22. The van der Waals surface area contributed by atoms with Gasteiger partial charge in [0.15, 0.2) is 0 Å². The molecule has 2 nitrogen and oxygen atoms in total. The number of carbonyl (C=O) groups excluding carboxylic acids is 1. The van der Waals surface area contributed by atoms with E-state index in [9.17, 15) is 4.79 Å². The average Bonchev–Trinajstić information content (AvgIpc) is 2.77. The van der Waals surface area contributed by atoms with E-state index in [4.69, 9.17) is 0 Å². The molecular weight excluding hydrogens is 298 g/mol. The molecule has 0 spiro atoms. The monoisotopic (exact) mass is 309 g/mol. The molecule has 4 heteroatoms. The van der Waals surface area contributed by atoms with Crippen LogP contribution in [0.25, 0.3) is 0 Å². The van der Waals surface area contributed by atoms with Crippen LogP contribution in [0.15, 0.2) is 46.3 Å². The van der Waals surface area contributed by atoms with Crippen molar-refractivity contribution in [3.63, 3.8) is 0 Å². The molecule has 88 valence electrons. The van der Waals surface area contributed by atoms with Gasteiger partial charge in [0.25, 0.3) is 5.91 Å². The van der Waals surface area contributed by atoms with Crippen molar-refractivity contribution in [2.45, 2.75) is 6.42 Å². The van der Waals surface area contributed by atoms with Gasteiger partial charge in [0.05, 0.1) is 0 Å². The summed E-state index contributed by atoms with van der Waals surface area (Å²) in [5.41, 5.74) is 1.23. The van der Waals surface area contributed by atoms with Crippen LogP contribution in [-0.4, -0.2) is 12.5 Å². The normalized spacial score (nSPS) is 10.2. The number of nitrogens with one attached hydrogen (secondary N) is 1. The Morgan fingerprint density at radius 1 is 1.24 bits per heavy atom. The van der Waals surface area contributed by atoms with Gasteiger partial charge in [-0.2, -0.15) is 0 Å². The molecule has 17 heavy (non-hydrogen) atoms. The Kier molecular flexibility index (Phi) is 4.34. The lowest BCUT2D eigenvalue weighted by Crippen LogP contribution is -2.25. The number of carbonyl (C=O) groups is 1. The molecule has 0 unspecified atom stereocenters. The van der Waals surface area contributed by atoms with E-state index in [1.807, 2.05) is 29.6 Å².